The molecule has 1 saturated heterocycles. The van der Waals surface area contributed by atoms with Crippen LogP contribution in [0, 0.1) is 29.7 Å². The largest absolute Gasteiger partial charge is 0.335 e. The molecule has 0 saturated carbocycles. The molecule has 35 heavy (non-hydrogen) atoms. The number of aromatic nitrogens is 1. The van der Waals surface area contributed by atoms with Crippen molar-refractivity contribution in [2.75, 3.05) is 30.3 Å². The molecule has 0 spiro atoms. The van der Waals surface area contributed by atoms with Crippen molar-refractivity contribution in [3.8, 4) is 18.5 Å². The number of anilines is 2. The fourth-order valence-corrected chi connectivity index (χ4v) is 4.26. The van der Waals surface area contributed by atoms with Gasteiger partial charge in [-0.3, -0.25) is 4.98 Å². The molecule has 1 aromatic heterocycles. The smallest absolute Gasteiger partial charge is 0.321 e. The molecule has 176 valence electrons. The van der Waals surface area contributed by atoms with Crippen molar-refractivity contribution in [1.82, 2.24) is 14.8 Å². The fraction of sp³-hybridized carbons (Fsp3) is 0.259. The van der Waals surface area contributed by atoms with Crippen LogP contribution in [0.3, 0.4) is 0 Å². The number of urea groups is 1. The minimum Gasteiger partial charge on any atom is -0.335 e. The molecule has 0 aliphatic carbocycles. The number of carbonyl (C=O) groups is 1. The number of fused-ring (bicyclic) bond motifs is 1. The molecule has 0 radical (unpaired) electrons. The first-order chi connectivity index (χ1) is 17.0. The topological polar surface area (TPSA) is 96.7 Å². The van der Waals surface area contributed by atoms with Gasteiger partial charge in [-0.1, -0.05) is 31.9 Å². The maximum Gasteiger partial charge on any atom is 0.321 e. The van der Waals surface area contributed by atoms with E-state index in [1.165, 1.54) is 0 Å². The number of piperazine rings is 1. The van der Waals surface area contributed by atoms with E-state index >= 15 is 0 Å². The van der Waals surface area contributed by atoms with Gasteiger partial charge in [0, 0.05) is 42.5 Å². The summed E-state index contributed by atoms with van der Waals surface area (Å²) in [5.41, 5.74) is 3.04. The van der Waals surface area contributed by atoms with Crippen LogP contribution < -0.4 is 10.6 Å². The predicted octanol–water partition coefficient (Wildman–Crippen LogP) is 4.34. The van der Waals surface area contributed by atoms with Gasteiger partial charge in [0.05, 0.1) is 17.2 Å². The molecule has 8 nitrogen and oxygen atoms in total. The van der Waals surface area contributed by atoms with Gasteiger partial charge in [-0.25, -0.2) is 4.79 Å². The number of pyridine rings is 1. The summed E-state index contributed by atoms with van der Waals surface area (Å²) in [4.78, 5) is 25.4. The van der Waals surface area contributed by atoms with E-state index in [1.807, 2.05) is 54.7 Å². The molecule has 3 aromatic rings. The fourth-order valence-electron chi connectivity index (χ4n) is 4.26. The van der Waals surface area contributed by atoms with Crippen LogP contribution in [0.5, 0.6) is 0 Å². The third kappa shape index (κ3) is 5.34. The van der Waals surface area contributed by atoms with Crippen molar-refractivity contribution < 1.29 is 4.79 Å². The molecule has 4 rings (SSSR count). The molecular formula is C27H27N7O. The lowest BCUT2D eigenvalue weighted by Crippen LogP contribution is -2.60. The lowest BCUT2D eigenvalue weighted by atomic mass is 10.00. The van der Waals surface area contributed by atoms with Crippen LogP contribution in [0.4, 0.5) is 16.2 Å². The SMILES string of the molecule is C#Cc1cccc(NC(=O)N2CCN(/C(=N\C#N)Nc3cccc4ncccc34)C(C(C)C)C2)c1. The third-order valence-electron chi connectivity index (χ3n) is 6.08. The Kier molecular flexibility index (Phi) is 7.13. The molecule has 1 unspecified atom stereocenters. The summed E-state index contributed by atoms with van der Waals surface area (Å²) in [6, 6.07) is 16.6. The molecule has 2 aromatic carbocycles. The first kappa shape index (κ1) is 23.6. The average molecular weight is 466 g/mol. The van der Waals surface area contributed by atoms with Gasteiger partial charge in [-0.05, 0) is 48.4 Å². The number of rotatable bonds is 3. The second-order valence-corrected chi connectivity index (χ2v) is 8.64. The Labute approximate surface area is 205 Å². The highest BCUT2D eigenvalue weighted by Gasteiger charge is 2.34. The molecular weight excluding hydrogens is 438 g/mol. The van der Waals surface area contributed by atoms with E-state index in [9.17, 15) is 10.1 Å². The Morgan fingerprint density at radius 1 is 1.17 bits per heavy atom. The third-order valence-corrected chi connectivity index (χ3v) is 6.08. The van der Waals surface area contributed by atoms with Crippen molar-refractivity contribution in [1.29, 1.82) is 5.26 Å². The number of hydrogen-bond acceptors (Lipinski definition) is 4. The van der Waals surface area contributed by atoms with Crippen molar-refractivity contribution in [3.05, 3.63) is 66.4 Å². The lowest BCUT2D eigenvalue weighted by molar-refractivity contribution is 0.120. The van der Waals surface area contributed by atoms with Gasteiger partial charge in [0.25, 0.3) is 0 Å². The van der Waals surface area contributed by atoms with Crippen LogP contribution >= 0.6 is 0 Å². The number of guanidine groups is 1. The number of hydrogen-bond donors (Lipinski definition) is 2. The quantitative estimate of drug-likeness (QED) is 0.260. The summed E-state index contributed by atoms with van der Waals surface area (Å²) in [5, 5.41) is 16.7. The molecule has 0 bridgehead atoms. The second-order valence-electron chi connectivity index (χ2n) is 8.64. The van der Waals surface area contributed by atoms with Gasteiger partial charge in [0.1, 0.15) is 0 Å². The molecule has 2 heterocycles. The van der Waals surface area contributed by atoms with E-state index in [0.29, 0.717) is 36.8 Å². The summed E-state index contributed by atoms with van der Waals surface area (Å²) >= 11 is 0. The number of benzene rings is 2. The Balaban J connectivity index is 1.53. The van der Waals surface area contributed by atoms with E-state index in [1.54, 1.807) is 17.2 Å². The highest BCUT2D eigenvalue weighted by atomic mass is 16.2. The lowest BCUT2D eigenvalue weighted by Gasteiger charge is -2.44. The minimum atomic E-state index is -0.184. The van der Waals surface area contributed by atoms with Crippen LogP contribution in [0.1, 0.15) is 19.4 Å². The van der Waals surface area contributed by atoms with Gasteiger partial charge < -0.3 is 20.4 Å². The van der Waals surface area contributed by atoms with E-state index in [0.717, 1.165) is 16.6 Å². The van der Waals surface area contributed by atoms with E-state index in [4.69, 9.17) is 6.42 Å². The predicted molar refractivity (Wildman–Crippen MR) is 139 cm³/mol. The highest BCUT2D eigenvalue weighted by molar-refractivity contribution is 6.02. The van der Waals surface area contributed by atoms with Gasteiger partial charge in [0.15, 0.2) is 0 Å². The van der Waals surface area contributed by atoms with Gasteiger partial charge >= 0.3 is 6.03 Å². The normalized spacial score (nSPS) is 16.0. The Hall–Kier alpha value is -4.56. The Morgan fingerprint density at radius 3 is 2.77 bits per heavy atom. The van der Waals surface area contributed by atoms with Crippen LogP contribution in [0.25, 0.3) is 10.9 Å². The molecule has 1 aliphatic heterocycles. The zero-order valence-electron chi connectivity index (χ0n) is 19.8. The monoisotopic (exact) mass is 465 g/mol. The summed E-state index contributed by atoms with van der Waals surface area (Å²) in [7, 11) is 0. The zero-order valence-corrected chi connectivity index (χ0v) is 19.8. The number of aliphatic imine (C=N–C) groups is 1. The molecule has 1 atom stereocenters. The van der Waals surface area contributed by atoms with Crippen LogP contribution in [-0.2, 0) is 0 Å². The summed E-state index contributed by atoms with van der Waals surface area (Å²) in [6.07, 6.45) is 9.15. The second kappa shape index (κ2) is 10.6. The van der Waals surface area contributed by atoms with Crippen LogP contribution in [-0.4, -0.2) is 52.5 Å². The summed E-state index contributed by atoms with van der Waals surface area (Å²) in [5.74, 6) is 3.25. The minimum absolute atomic E-state index is 0.0424. The zero-order chi connectivity index (χ0) is 24.8. The highest BCUT2D eigenvalue weighted by Crippen LogP contribution is 2.24. The molecule has 8 heteroatoms. The van der Waals surface area contributed by atoms with Crippen molar-refractivity contribution in [2.45, 2.75) is 19.9 Å². The molecule has 2 N–H and O–H groups in total. The Morgan fingerprint density at radius 2 is 2.00 bits per heavy atom. The molecule has 1 aliphatic rings. The van der Waals surface area contributed by atoms with Gasteiger partial charge in [-0.2, -0.15) is 5.26 Å². The van der Waals surface area contributed by atoms with E-state index in [2.05, 4.69) is 45.3 Å². The van der Waals surface area contributed by atoms with Gasteiger partial charge in [0.2, 0.25) is 12.2 Å². The van der Waals surface area contributed by atoms with Crippen molar-refractivity contribution in [3.63, 3.8) is 0 Å². The molecule has 1 fully saturated rings. The van der Waals surface area contributed by atoms with Crippen molar-refractivity contribution >= 4 is 34.3 Å². The van der Waals surface area contributed by atoms with E-state index < -0.39 is 0 Å². The van der Waals surface area contributed by atoms with Crippen molar-refractivity contribution in [2.24, 2.45) is 10.9 Å². The summed E-state index contributed by atoms with van der Waals surface area (Å²) < 4.78 is 0. The number of nitrogens with one attached hydrogen (secondary N) is 2. The van der Waals surface area contributed by atoms with Gasteiger partial charge in [-0.15, -0.1) is 11.4 Å². The number of amides is 2. The number of terminal acetylenes is 1. The molecule has 2 amide bonds. The maximum atomic E-state index is 13.0. The van der Waals surface area contributed by atoms with E-state index in [-0.39, 0.29) is 18.0 Å². The standard InChI is InChI=1S/C27H27N7O/c1-4-20-8-5-9-21(16-20)31-27(35)33-14-15-34(25(17-33)19(2)3)26(30-18-28)32-24-12-6-11-23-22(24)10-7-13-29-23/h1,5-13,16,19,25H,14-15,17H2,2-3H3,(H,30,32)(H,31,35). The first-order valence-corrected chi connectivity index (χ1v) is 11.5. The number of nitrogens with zero attached hydrogens (tertiary/aromatic N) is 5. The average Bonchev–Trinajstić information content (AvgIpc) is 2.88. The number of nitriles is 1. The van der Waals surface area contributed by atoms with Crippen LogP contribution in [0.2, 0.25) is 0 Å². The first-order valence-electron chi connectivity index (χ1n) is 11.5. The number of carbonyl (C=O) groups excluding carboxylic acids is 1. The summed E-state index contributed by atoms with van der Waals surface area (Å²) in [6.45, 7) is 5.69. The maximum absolute atomic E-state index is 13.0. The van der Waals surface area contributed by atoms with Crippen LogP contribution in [0.15, 0.2) is 65.8 Å². The Bertz CT molecular complexity index is 1330.